The molecule has 0 aromatic carbocycles. The molecule has 1 aromatic rings. The zero-order valence-electron chi connectivity index (χ0n) is 10.2. The second-order valence-corrected chi connectivity index (χ2v) is 5.75. The fourth-order valence-electron chi connectivity index (χ4n) is 2.12. The smallest absolute Gasteiger partial charge is 0.354 e. The summed E-state index contributed by atoms with van der Waals surface area (Å²) in [7, 11) is 0. The molecule has 7 heteroatoms. The van der Waals surface area contributed by atoms with Gasteiger partial charge < -0.3 is 5.11 Å². The lowest BCUT2D eigenvalue weighted by Gasteiger charge is -2.20. The summed E-state index contributed by atoms with van der Waals surface area (Å²) < 4.78 is 0. The van der Waals surface area contributed by atoms with E-state index in [9.17, 15) is 14.9 Å². The van der Waals surface area contributed by atoms with Crippen LogP contribution in [0.1, 0.15) is 42.6 Å². The number of hydrogen-bond acceptors (Lipinski definition) is 5. The molecule has 1 N–H and O–H groups in total. The topological polar surface area (TPSA) is 93.3 Å². The minimum Gasteiger partial charge on any atom is -0.477 e. The van der Waals surface area contributed by atoms with Crippen LogP contribution in [0.2, 0.25) is 0 Å². The Bertz CT molecular complexity index is 501. The van der Waals surface area contributed by atoms with Gasteiger partial charge in [-0.3, -0.25) is 10.1 Å². The predicted molar refractivity (Wildman–Crippen MR) is 70.6 cm³/mol. The van der Waals surface area contributed by atoms with E-state index in [0.29, 0.717) is 5.25 Å². The van der Waals surface area contributed by atoms with Crippen molar-refractivity contribution in [1.29, 1.82) is 0 Å². The molecule has 0 bridgehead atoms. The van der Waals surface area contributed by atoms with Gasteiger partial charge in [0.1, 0.15) is 5.69 Å². The number of pyridine rings is 1. The van der Waals surface area contributed by atoms with Crippen LogP contribution in [-0.2, 0) is 0 Å². The Morgan fingerprint density at radius 2 is 2.05 bits per heavy atom. The molecule has 6 nitrogen and oxygen atoms in total. The van der Waals surface area contributed by atoms with Gasteiger partial charge in [-0.25, -0.2) is 9.78 Å². The van der Waals surface area contributed by atoms with Crippen LogP contribution in [0.25, 0.3) is 0 Å². The average Bonchev–Trinajstić information content (AvgIpc) is 2.39. The zero-order chi connectivity index (χ0) is 13.8. The van der Waals surface area contributed by atoms with E-state index in [4.69, 9.17) is 5.11 Å². The Balaban J connectivity index is 2.26. The van der Waals surface area contributed by atoms with E-state index in [0.717, 1.165) is 25.7 Å². The lowest BCUT2D eigenvalue weighted by atomic mass is 10.0. The number of carbonyl (C=O) groups is 1. The highest BCUT2D eigenvalue weighted by Crippen LogP contribution is 2.36. The summed E-state index contributed by atoms with van der Waals surface area (Å²) in [5.74, 6) is -1.17. The van der Waals surface area contributed by atoms with Crippen LogP contribution < -0.4 is 0 Å². The molecule has 0 aliphatic heterocycles. The lowest BCUT2D eigenvalue weighted by Crippen LogP contribution is -2.10. The first-order valence-electron chi connectivity index (χ1n) is 6.13. The quantitative estimate of drug-likeness (QED) is 0.673. The highest BCUT2D eigenvalue weighted by Gasteiger charge is 2.23. The van der Waals surface area contributed by atoms with Crippen molar-refractivity contribution >= 4 is 23.4 Å². The third-order valence-corrected chi connectivity index (χ3v) is 4.41. The van der Waals surface area contributed by atoms with Crippen molar-refractivity contribution in [2.24, 2.45) is 0 Å². The Kier molecular flexibility index (Phi) is 4.36. The molecular weight excluding hydrogens is 268 g/mol. The molecule has 1 fully saturated rings. The van der Waals surface area contributed by atoms with E-state index in [1.807, 2.05) is 0 Å². The first-order chi connectivity index (χ1) is 9.08. The second kappa shape index (κ2) is 6.01. The number of thioether (sulfide) groups is 1. The van der Waals surface area contributed by atoms with Gasteiger partial charge in [0.05, 0.1) is 4.92 Å². The Morgan fingerprint density at radius 1 is 1.37 bits per heavy atom. The van der Waals surface area contributed by atoms with Crippen LogP contribution in [0.4, 0.5) is 5.69 Å². The number of aromatic carboxylic acids is 1. The molecular formula is C12H14N2O4S. The van der Waals surface area contributed by atoms with Gasteiger partial charge in [0.2, 0.25) is 0 Å². The number of carboxylic acids is 1. The van der Waals surface area contributed by atoms with Crippen LogP contribution in [0.5, 0.6) is 0 Å². The molecule has 0 atom stereocenters. The Hall–Kier alpha value is -1.63. The first-order valence-corrected chi connectivity index (χ1v) is 7.01. The molecule has 0 saturated heterocycles. The van der Waals surface area contributed by atoms with Crippen LogP contribution in [-0.4, -0.2) is 26.2 Å². The third kappa shape index (κ3) is 3.44. The highest BCUT2D eigenvalue weighted by atomic mass is 32.2. The van der Waals surface area contributed by atoms with E-state index >= 15 is 0 Å². The molecule has 0 unspecified atom stereocenters. The van der Waals surface area contributed by atoms with Crippen LogP contribution in [0, 0.1) is 10.1 Å². The fraction of sp³-hybridized carbons (Fsp3) is 0.500. The van der Waals surface area contributed by atoms with E-state index in [1.165, 1.54) is 30.3 Å². The van der Waals surface area contributed by atoms with Crippen molar-refractivity contribution in [2.45, 2.75) is 42.4 Å². The SMILES string of the molecule is O=C(O)c1ccc([N+](=O)[O-])c(SC2CCCCC2)n1. The lowest BCUT2D eigenvalue weighted by molar-refractivity contribution is -0.388. The monoisotopic (exact) mass is 282 g/mol. The minimum absolute atomic E-state index is 0.111. The Labute approximate surface area is 114 Å². The van der Waals surface area contributed by atoms with Gasteiger partial charge in [-0.15, -0.1) is 0 Å². The zero-order valence-corrected chi connectivity index (χ0v) is 11.1. The molecule has 19 heavy (non-hydrogen) atoms. The Morgan fingerprint density at radius 3 is 2.63 bits per heavy atom. The molecule has 1 aliphatic rings. The maximum absolute atomic E-state index is 10.9. The number of nitro groups is 1. The van der Waals surface area contributed by atoms with Crippen molar-refractivity contribution in [1.82, 2.24) is 4.98 Å². The van der Waals surface area contributed by atoms with Crippen molar-refractivity contribution in [2.75, 3.05) is 0 Å². The van der Waals surface area contributed by atoms with Gasteiger partial charge in [0.25, 0.3) is 0 Å². The number of hydrogen-bond donors (Lipinski definition) is 1. The molecule has 1 heterocycles. The number of carboxylic acid groups (broad SMARTS) is 1. The number of nitrogens with zero attached hydrogens (tertiary/aromatic N) is 2. The molecule has 1 saturated carbocycles. The molecule has 1 aliphatic carbocycles. The summed E-state index contributed by atoms with van der Waals surface area (Å²) in [6.45, 7) is 0. The van der Waals surface area contributed by atoms with Crippen molar-refractivity contribution in [3.8, 4) is 0 Å². The van der Waals surface area contributed by atoms with Gasteiger partial charge in [-0.05, 0) is 18.9 Å². The summed E-state index contributed by atoms with van der Waals surface area (Å²) in [5.41, 5.74) is -0.260. The van der Waals surface area contributed by atoms with Crippen molar-refractivity contribution in [3.63, 3.8) is 0 Å². The van der Waals surface area contributed by atoms with E-state index in [2.05, 4.69) is 4.98 Å². The van der Waals surface area contributed by atoms with Crippen LogP contribution in [0.15, 0.2) is 17.2 Å². The van der Waals surface area contributed by atoms with E-state index in [-0.39, 0.29) is 16.4 Å². The summed E-state index contributed by atoms with van der Waals surface area (Å²) in [4.78, 5) is 25.2. The third-order valence-electron chi connectivity index (χ3n) is 3.09. The van der Waals surface area contributed by atoms with Crippen molar-refractivity contribution in [3.05, 3.63) is 27.9 Å². The van der Waals surface area contributed by atoms with Crippen LogP contribution >= 0.6 is 11.8 Å². The number of aromatic nitrogens is 1. The molecule has 0 radical (unpaired) electrons. The maximum atomic E-state index is 10.9. The minimum atomic E-state index is -1.17. The van der Waals surface area contributed by atoms with Gasteiger partial charge in [-0.1, -0.05) is 31.0 Å². The van der Waals surface area contributed by atoms with Gasteiger partial charge in [0.15, 0.2) is 5.03 Å². The summed E-state index contributed by atoms with van der Waals surface area (Å²) >= 11 is 1.33. The first kappa shape index (κ1) is 13.8. The largest absolute Gasteiger partial charge is 0.477 e. The maximum Gasteiger partial charge on any atom is 0.354 e. The second-order valence-electron chi connectivity index (χ2n) is 4.46. The van der Waals surface area contributed by atoms with Crippen molar-refractivity contribution < 1.29 is 14.8 Å². The molecule has 0 amide bonds. The molecule has 102 valence electrons. The van der Waals surface area contributed by atoms with Gasteiger partial charge in [0, 0.05) is 11.3 Å². The normalized spacial score (nSPS) is 16.2. The van der Waals surface area contributed by atoms with E-state index in [1.54, 1.807) is 0 Å². The van der Waals surface area contributed by atoms with Gasteiger partial charge in [-0.2, -0.15) is 0 Å². The summed E-state index contributed by atoms with van der Waals surface area (Å²) in [5, 5.41) is 20.4. The highest BCUT2D eigenvalue weighted by molar-refractivity contribution is 8.00. The van der Waals surface area contributed by atoms with E-state index < -0.39 is 10.9 Å². The summed E-state index contributed by atoms with van der Waals surface area (Å²) in [6.07, 6.45) is 5.43. The van der Waals surface area contributed by atoms with Crippen LogP contribution in [0.3, 0.4) is 0 Å². The molecule has 1 aromatic heterocycles. The number of rotatable bonds is 4. The van der Waals surface area contributed by atoms with Gasteiger partial charge >= 0.3 is 11.7 Å². The summed E-state index contributed by atoms with van der Waals surface area (Å²) in [6, 6.07) is 2.40. The average molecular weight is 282 g/mol. The molecule has 0 spiro atoms. The molecule has 2 rings (SSSR count). The predicted octanol–water partition coefficient (Wildman–Crippen LogP) is 3.11. The standard InChI is InChI=1S/C12H14N2O4S/c15-12(16)9-6-7-10(14(17)18)11(13-9)19-8-4-2-1-3-5-8/h6-8H,1-5H2,(H,15,16). The fourth-order valence-corrected chi connectivity index (χ4v) is 3.42.